The lowest BCUT2D eigenvalue weighted by Gasteiger charge is -2.09. The van der Waals surface area contributed by atoms with Gasteiger partial charge in [-0.2, -0.15) is 0 Å². The normalized spacial score (nSPS) is 10.2. The number of halogens is 1. The molecule has 0 aliphatic carbocycles. The van der Waals surface area contributed by atoms with Gasteiger partial charge in [0.05, 0.1) is 0 Å². The second-order valence-electron chi connectivity index (χ2n) is 5.11. The summed E-state index contributed by atoms with van der Waals surface area (Å²) in [5, 5.41) is 6.09. The number of hydrogen-bond acceptors (Lipinski definition) is 4. The van der Waals surface area contributed by atoms with Crippen molar-refractivity contribution in [3.8, 4) is 0 Å². The molecular formula is C18H15BrN4O. The number of nitrogens with zero attached hydrogens (tertiary/aromatic N) is 2. The van der Waals surface area contributed by atoms with Gasteiger partial charge in [-0.3, -0.25) is 14.8 Å². The van der Waals surface area contributed by atoms with Gasteiger partial charge < -0.3 is 10.6 Å². The van der Waals surface area contributed by atoms with Crippen LogP contribution in [0.25, 0.3) is 0 Å². The Morgan fingerprint density at radius 1 is 1.04 bits per heavy atom. The topological polar surface area (TPSA) is 66.9 Å². The quantitative estimate of drug-likeness (QED) is 0.696. The lowest BCUT2D eigenvalue weighted by Crippen LogP contribution is -2.14. The maximum Gasteiger partial charge on any atom is 0.274 e. The van der Waals surface area contributed by atoms with E-state index < -0.39 is 0 Å². The number of benzene rings is 1. The van der Waals surface area contributed by atoms with Gasteiger partial charge in [0.15, 0.2) is 0 Å². The van der Waals surface area contributed by atoms with Crippen molar-refractivity contribution in [2.75, 3.05) is 10.6 Å². The molecule has 1 amide bonds. The molecule has 0 saturated carbocycles. The minimum atomic E-state index is -0.252. The number of pyridine rings is 2. The van der Waals surface area contributed by atoms with Gasteiger partial charge in [-0.05, 0) is 42.0 Å². The van der Waals surface area contributed by atoms with Gasteiger partial charge in [0.1, 0.15) is 5.69 Å². The second kappa shape index (κ2) is 7.70. The van der Waals surface area contributed by atoms with E-state index in [2.05, 4.69) is 36.5 Å². The summed E-state index contributed by atoms with van der Waals surface area (Å²) in [4.78, 5) is 20.5. The monoisotopic (exact) mass is 382 g/mol. The van der Waals surface area contributed by atoms with E-state index in [4.69, 9.17) is 0 Å². The zero-order chi connectivity index (χ0) is 16.8. The number of hydrogen-bond donors (Lipinski definition) is 2. The number of rotatable bonds is 5. The fraction of sp³-hybridized carbons (Fsp3) is 0.0556. The summed E-state index contributed by atoms with van der Waals surface area (Å²) in [6.07, 6.45) is 5.15. The van der Waals surface area contributed by atoms with Crippen LogP contribution >= 0.6 is 15.9 Å². The highest BCUT2D eigenvalue weighted by Crippen LogP contribution is 2.17. The Hall–Kier alpha value is -2.73. The van der Waals surface area contributed by atoms with Crippen LogP contribution < -0.4 is 10.6 Å². The first kappa shape index (κ1) is 16.1. The number of carbonyl (C=O) groups is 1. The van der Waals surface area contributed by atoms with E-state index in [-0.39, 0.29) is 5.91 Å². The zero-order valence-electron chi connectivity index (χ0n) is 12.7. The molecule has 24 heavy (non-hydrogen) atoms. The minimum absolute atomic E-state index is 0.252. The van der Waals surface area contributed by atoms with E-state index in [1.54, 1.807) is 24.7 Å². The van der Waals surface area contributed by atoms with Crippen molar-refractivity contribution in [2.45, 2.75) is 6.54 Å². The molecule has 0 atom stereocenters. The lowest BCUT2D eigenvalue weighted by atomic mass is 10.2. The summed E-state index contributed by atoms with van der Waals surface area (Å²) in [5.41, 5.74) is 2.96. The van der Waals surface area contributed by atoms with Gasteiger partial charge in [-0.1, -0.05) is 28.1 Å². The minimum Gasteiger partial charge on any atom is -0.381 e. The van der Waals surface area contributed by atoms with Crippen molar-refractivity contribution < 1.29 is 4.79 Å². The summed E-state index contributed by atoms with van der Waals surface area (Å²) in [5.74, 6) is -0.252. The summed E-state index contributed by atoms with van der Waals surface area (Å²) in [7, 11) is 0. The fourth-order valence-electron chi connectivity index (χ4n) is 2.13. The molecular weight excluding hydrogens is 368 g/mol. The Bertz CT molecular complexity index is 839. The molecule has 0 spiro atoms. The first-order valence-corrected chi connectivity index (χ1v) is 8.16. The van der Waals surface area contributed by atoms with Crippen LogP contribution in [0.15, 0.2) is 71.6 Å². The predicted molar refractivity (Wildman–Crippen MR) is 97.9 cm³/mol. The van der Waals surface area contributed by atoms with Crippen LogP contribution in [0.3, 0.4) is 0 Å². The number of anilines is 2. The SMILES string of the molecule is O=C(Nc1cccc(Br)c1)c1cc(NCc2cccnc2)ccn1. The van der Waals surface area contributed by atoms with Crippen LogP contribution in [-0.4, -0.2) is 15.9 Å². The van der Waals surface area contributed by atoms with Gasteiger partial charge in [-0.15, -0.1) is 0 Å². The maximum atomic E-state index is 12.3. The summed E-state index contributed by atoms with van der Waals surface area (Å²) >= 11 is 3.38. The number of nitrogens with one attached hydrogen (secondary N) is 2. The summed E-state index contributed by atoms with van der Waals surface area (Å²) < 4.78 is 0.903. The van der Waals surface area contributed by atoms with Gasteiger partial charge in [-0.25, -0.2) is 0 Å². The van der Waals surface area contributed by atoms with E-state index in [9.17, 15) is 4.79 Å². The molecule has 0 fully saturated rings. The molecule has 0 bridgehead atoms. The molecule has 2 N–H and O–H groups in total. The van der Waals surface area contributed by atoms with E-state index >= 15 is 0 Å². The third kappa shape index (κ3) is 4.39. The molecule has 3 rings (SSSR count). The van der Waals surface area contributed by atoms with Crippen LogP contribution in [0.2, 0.25) is 0 Å². The molecule has 0 aliphatic rings. The van der Waals surface area contributed by atoms with Gasteiger partial charge in [0.2, 0.25) is 0 Å². The highest BCUT2D eigenvalue weighted by atomic mass is 79.9. The van der Waals surface area contributed by atoms with E-state index in [1.807, 2.05) is 42.5 Å². The third-order valence-electron chi connectivity index (χ3n) is 3.29. The summed E-state index contributed by atoms with van der Waals surface area (Å²) in [6, 6.07) is 14.9. The average Bonchev–Trinajstić information content (AvgIpc) is 2.61. The molecule has 120 valence electrons. The molecule has 3 aromatic rings. The van der Waals surface area contributed by atoms with Crippen LogP contribution in [-0.2, 0) is 6.54 Å². The Balaban J connectivity index is 1.67. The standard InChI is InChI=1S/C18H15BrN4O/c19-14-4-1-5-16(9-14)23-18(24)17-10-15(6-8-21-17)22-12-13-3-2-7-20-11-13/h1-11H,12H2,(H,21,22)(H,23,24). The Morgan fingerprint density at radius 3 is 2.75 bits per heavy atom. The smallest absolute Gasteiger partial charge is 0.274 e. The Labute approximate surface area is 148 Å². The molecule has 0 aliphatic heterocycles. The van der Waals surface area contributed by atoms with Crippen LogP contribution in [0.5, 0.6) is 0 Å². The highest BCUT2D eigenvalue weighted by molar-refractivity contribution is 9.10. The molecule has 0 saturated heterocycles. The van der Waals surface area contributed by atoms with Crippen molar-refractivity contribution >= 4 is 33.2 Å². The zero-order valence-corrected chi connectivity index (χ0v) is 14.3. The van der Waals surface area contributed by atoms with Gasteiger partial charge >= 0.3 is 0 Å². The summed E-state index contributed by atoms with van der Waals surface area (Å²) in [6.45, 7) is 0.630. The van der Waals surface area contributed by atoms with Crippen molar-refractivity contribution in [3.05, 3.63) is 82.9 Å². The molecule has 5 nitrogen and oxygen atoms in total. The van der Waals surface area contributed by atoms with Gasteiger partial charge in [0.25, 0.3) is 5.91 Å². The molecule has 2 heterocycles. The Kier molecular flexibility index (Phi) is 5.18. The van der Waals surface area contributed by atoms with Crippen molar-refractivity contribution in [3.63, 3.8) is 0 Å². The molecule has 0 unspecified atom stereocenters. The highest BCUT2D eigenvalue weighted by Gasteiger charge is 2.08. The van der Waals surface area contributed by atoms with Crippen molar-refractivity contribution in [1.29, 1.82) is 0 Å². The molecule has 6 heteroatoms. The van der Waals surface area contributed by atoms with E-state index in [0.29, 0.717) is 17.9 Å². The third-order valence-corrected chi connectivity index (χ3v) is 3.79. The largest absolute Gasteiger partial charge is 0.381 e. The van der Waals surface area contributed by atoms with Crippen LogP contribution in [0, 0.1) is 0 Å². The first-order chi connectivity index (χ1) is 11.7. The first-order valence-electron chi connectivity index (χ1n) is 7.36. The molecule has 2 aromatic heterocycles. The van der Waals surface area contributed by atoms with Crippen molar-refractivity contribution in [1.82, 2.24) is 9.97 Å². The van der Waals surface area contributed by atoms with E-state index in [1.165, 1.54) is 0 Å². The van der Waals surface area contributed by atoms with Gasteiger partial charge in [0, 0.05) is 41.0 Å². The average molecular weight is 383 g/mol. The number of amides is 1. The maximum absolute atomic E-state index is 12.3. The van der Waals surface area contributed by atoms with E-state index in [0.717, 1.165) is 15.7 Å². The van der Waals surface area contributed by atoms with Crippen LogP contribution in [0.1, 0.15) is 16.1 Å². The lowest BCUT2D eigenvalue weighted by molar-refractivity contribution is 0.102. The molecule has 1 aromatic carbocycles. The van der Waals surface area contributed by atoms with Crippen molar-refractivity contribution in [2.24, 2.45) is 0 Å². The number of carbonyl (C=O) groups excluding carboxylic acids is 1. The predicted octanol–water partition coefficient (Wildman–Crippen LogP) is 4.10. The van der Waals surface area contributed by atoms with Crippen LogP contribution in [0.4, 0.5) is 11.4 Å². The molecule has 0 radical (unpaired) electrons. The second-order valence-corrected chi connectivity index (χ2v) is 6.02. The number of aromatic nitrogens is 2. The fourth-order valence-corrected chi connectivity index (χ4v) is 2.53. The Morgan fingerprint density at radius 2 is 1.96 bits per heavy atom.